The van der Waals surface area contributed by atoms with E-state index in [4.69, 9.17) is 5.11 Å². The topological polar surface area (TPSA) is 69.6 Å². The smallest absolute Gasteiger partial charge is 0.317 e. The average molecular weight is 270 g/mol. The van der Waals surface area contributed by atoms with Crippen LogP contribution < -0.4 is 5.32 Å². The molecule has 0 aromatic carbocycles. The number of urea groups is 1. The molecule has 0 aliphatic rings. The van der Waals surface area contributed by atoms with Crippen molar-refractivity contribution in [2.45, 2.75) is 32.4 Å². The van der Waals surface area contributed by atoms with E-state index < -0.39 is 11.5 Å². The lowest BCUT2D eigenvalue weighted by Gasteiger charge is -2.27. The lowest BCUT2D eigenvalue weighted by molar-refractivity contribution is -0.138. The van der Waals surface area contributed by atoms with Crippen LogP contribution in [0, 0.1) is 0 Å². The van der Waals surface area contributed by atoms with Gasteiger partial charge in [-0.05, 0) is 25.3 Å². The number of thiophene rings is 1. The summed E-state index contributed by atoms with van der Waals surface area (Å²) in [6.07, 6.45) is -0.106. The minimum Gasteiger partial charge on any atom is -0.481 e. The van der Waals surface area contributed by atoms with Crippen molar-refractivity contribution in [2.24, 2.45) is 0 Å². The van der Waals surface area contributed by atoms with Crippen molar-refractivity contribution in [1.29, 1.82) is 0 Å². The van der Waals surface area contributed by atoms with Gasteiger partial charge in [-0.1, -0.05) is 6.07 Å². The first kappa shape index (κ1) is 14.5. The molecule has 1 aromatic heterocycles. The van der Waals surface area contributed by atoms with Crippen molar-refractivity contribution in [1.82, 2.24) is 10.2 Å². The van der Waals surface area contributed by atoms with Crippen molar-refractivity contribution in [3.63, 3.8) is 0 Å². The van der Waals surface area contributed by atoms with Gasteiger partial charge in [0, 0.05) is 17.5 Å². The quantitative estimate of drug-likeness (QED) is 0.861. The second-order valence-corrected chi connectivity index (χ2v) is 5.85. The fourth-order valence-corrected chi connectivity index (χ4v) is 2.27. The summed E-state index contributed by atoms with van der Waals surface area (Å²) >= 11 is 1.58. The highest BCUT2D eigenvalue weighted by Crippen LogP contribution is 2.13. The van der Waals surface area contributed by atoms with E-state index in [9.17, 15) is 9.59 Å². The standard InChI is InChI=1S/C12H18N2O3S/c1-12(2,7-10(15)16)13-11(17)14(3)8-9-5-4-6-18-9/h4-6H,7-8H2,1-3H3,(H,13,17)(H,15,16). The average Bonchev–Trinajstić information content (AvgIpc) is 2.67. The van der Waals surface area contributed by atoms with Gasteiger partial charge in [0.05, 0.1) is 13.0 Å². The predicted molar refractivity (Wildman–Crippen MR) is 70.6 cm³/mol. The summed E-state index contributed by atoms with van der Waals surface area (Å²) in [7, 11) is 1.69. The molecule has 0 saturated carbocycles. The van der Waals surface area contributed by atoms with E-state index in [1.807, 2.05) is 17.5 Å². The van der Waals surface area contributed by atoms with Gasteiger partial charge in [0.25, 0.3) is 0 Å². The second-order valence-electron chi connectivity index (χ2n) is 4.82. The fourth-order valence-electron chi connectivity index (χ4n) is 1.52. The van der Waals surface area contributed by atoms with Crippen LogP contribution in [-0.2, 0) is 11.3 Å². The van der Waals surface area contributed by atoms with Crippen molar-refractivity contribution >= 4 is 23.3 Å². The van der Waals surface area contributed by atoms with Gasteiger partial charge in [0.1, 0.15) is 0 Å². The summed E-state index contributed by atoms with van der Waals surface area (Å²) in [6.45, 7) is 3.91. The van der Waals surface area contributed by atoms with E-state index in [2.05, 4.69) is 5.32 Å². The number of hydrogen-bond donors (Lipinski definition) is 2. The first-order valence-electron chi connectivity index (χ1n) is 5.57. The van der Waals surface area contributed by atoms with E-state index >= 15 is 0 Å². The second kappa shape index (κ2) is 5.86. The zero-order chi connectivity index (χ0) is 13.8. The highest BCUT2D eigenvalue weighted by molar-refractivity contribution is 7.09. The first-order valence-corrected chi connectivity index (χ1v) is 6.45. The summed E-state index contributed by atoms with van der Waals surface area (Å²) in [5, 5.41) is 13.4. The number of aliphatic carboxylic acids is 1. The van der Waals surface area contributed by atoms with Gasteiger partial charge in [-0.3, -0.25) is 4.79 Å². The predicted octanol–water partition coefficient (Wildman–Crippen LogP) is 2.14. The molecule has 100 valence electrons. The molecule has 1 heterocycles. The lowest BCUT2D eigenvalue weighted by Crippen LogP contribution is -2.49. The van der Waals surface area contributed by atoms with Crippen LogP contribution in [0.2, 0.25) is 0 Å². The molecule has 0 saturated heterocycles. The van der Waals surface area contributed by atoms with Crippen LogP contribution in [0.15, 0.2) is 17.5 Å². The summed E-state index contributed by atoms with van der Waals surface area (Å²) in [5.41, 5.74) is -0.757. The van der Waals surface area contributed by atoms with Gasteiger partial charge in [0.2, 0.25) is 0 Å². The van der Waals surface area contributed by atoms with Gasteiger partial charge < -0.3 is 15.3 Å². The number of nitrogens with zero attached hydrogens (tertiary/aromatic N) is 1. The van der Waals surface area contributed by atoms with Crippen molar-refractivity contribution in [3.8, 4) is 0 Å². The third-order valence-electron chi connectivity index (χ3n) is 2.36. The van der Waals surface area contributed by atoms with Gasteiger partial charge in [-0.2, -0.15) is 0 Å². The fraction of sp³-hybridized carbons (Fsp3) is 0.500. The number of carboxylic acids is 1. The van der Waals surface area contributed by atoms with Gasteiger partial charge in [-0.15, -0.1) is 11.3 Å². The third-order valence-corrected chi connectivity index (χ3v) is 3.22. The van der Waals surface area contributed by atoms with Crippen LogP contribution in [0.3, 0.4) is 0 Å². The Bertz CT molecular complexity index is 415. The molecule has 0 fully saturated rings. The molecule has 0 spiro atoms. The van der Waals surface area contributed by atoms with Crippen LogP contribution in [0.25, 0.3) is 0 Å². The minimum atomic E-state index is -0.929. The molecule has 0 aliphatic heterocycles. The summed E-state index contributed by atoms with van der Waals surface area (Å²) < 4.78 is 0. The first-order chi connectivity index (χ1) is 8.30. The maximum atomic E-state index is 11.9. The minimum absolute atomic E-state index is 0.106. The largest absolute Gasteiger partial charge is 0.481 e. The number of nitrogens with one attached hydrogen (secondary N) is 1. The van der Waals surface area contributed by atoms with Gasteiger partial charge in [-0.25, -0.2) is 4.79 Å². The Morgan fingerprint density at radius 2 is 2.17 bits per heavy atom. The van der Waals surface area contributed by atoms with Gasteiger partial charge >= 0.3 is 12.0 Å². The van der Waals surface area contributed by atoms with E-state index in [1.165, 1.54) is 4.90 Å². The van der Waals surface area contributed by atoms with Crippen molar-refractivity contribution in [3.05, 3.63) is 22.4 Å². The zero-order valence-electron chi connectivity index (χ0n) is 10.8. The van der Waals surface area contributed by atoms with Crippen LogP contribution in [-0.4, -0.2) is 34.6 Å². The Labute approximate surface area is 110 Å². The molecule has 2 N–H and O–H groups in total. The highest BCUT2D eigenvalue weighted by atomic mass is 32.1. The van der Waals surface area contributed by atoms with Crippen LogP contribution in [0.5, 0.6) is 0 Å². The molecule has 18 heavy (non-hydrogen) atoms. The number of carbonyl (C=O) groups is 2. The van der Waals surface area contributed by atoms with E-state index in [1.54, 1.807) is 32.2 Å². The van der Waals surface area contributed by atoms with Crippen molar-refractivity contribution < 1.29 is 14.7 Å². The van der Waals surface area contributed by atoms with E-state index in [-0.39, 0.29) is 12.5 Å². The van der Waals surface area contributed by atoms with Crippen LogP contribution >= 0.6 is 11.3 Å². The van der Waals surface area contributed by atoms with E-state index in [0.717, 1.165) is 4.88 Å². The number of carbonyl (C=O) groups excluding carboxylic acids is 1. The van der Waals surface area contributed by atoms with Crippen LogP contribution in [0.1, 0.15) is 25.1 Å². The lowest BCUT2D eigenvalue weighted by atomic mass is 10.0. The molecule has 5 nitrogen and oxygen atoms in total. The molecule has 1 rings (SSSR count). The molecular formula is C12H18N2O3S. The maximum absolute atomic E-state index is 11.9. The molecule has 0 radical (unpaired) electrons. The normalized spacial score (nSPS) is 11.1. The van der Waals surface area contributed by atoms with Crippen LogP contribution in [0.4, 0.5) is 4.79 Å². The molecule has 0 unspecified atom stereocenters. The van der Waals surface area contributed by atoms with Gasteiger partial charge in [0.15, 0.2) is 0 Å². The number of rotatable bonds is 5. The summed E-state index contributed by atoms with van der Waals surface area (Å²) in [4.78, 5) is 25.2. The van der Waals surface area contributed by atoms with Crippen molar-refractivity contribution in [2.75, 3.05) is 7.05 Å². The Kier molecular flexibility index (Phi) is 4.72. The Hall–Kier alpha value is -1.56. The number of carboxylic acid groups (broad SMARTS) is 1. The SMILES string of the molecule is CN(Cc1cccs1)C(=O)NC(C)(C)CC(=O)O. The molecule has 0 aliphatic carbocycles. The number of hydrogen-bond acceptors (Lipinski definition) is 3. The Morgan fingerprint density at radius 3 is 2.67 bits per heavy atom. The zero-order valence-corrected chi connectivity index (χ0v) is 11.6. The highest BCUT2D eigenvalue weighted by Gasteiger charge is 2.25. The summed E-state index contributed by atoms with van der Waals surface area (Å²) in [5.74, 6) is -0.929. The Balaban J connectivity index is 2.51. The molecule has 2 amide bonds. The molecular weight excluding hydrogens is 252 g/mol. The molecule has 0 bridgehead atoms. The molecule has 0 atom stereocenters. The maximum Gasteiger partial charge on any atom is 0.317 e. The molecule has 1 aromatic rings. The molecule has 6 heteroatoms. The Morgan fingerprint density at radius 1 is 1.50 bits per heavy atom. The third kappa shape index (κ3) is 4.75. The number of amides is 2. The van der Waals surface area contributed by atoms with E-state index in [0.29, 0.717) is 6.54 Å². The monoisotopic (exact) mass is 270 g/mol. The summed E-state index contributed by atoms with van der Waals surface area (Å²) in [6, 6.07) is 3.62.